The van der Waals surface area contributed by atoms with Crippen LogP contribution in [0.5, 0.6) is 5.75 Å². The second-order valence-electron chi connectivity index (χ2n) is 12.7. The molecule has 9 heteroatoms. The minimum Gasteiger partial charge on any atom is -0.495 e. The molecule has 0 saturated carbocycles. The number of amides is 1. The molecule has 4 rings (SSSR count). The lowest BCUT2D eigenvalue weighted by Crippen LogP contribution is -2.30. The van der Waals surface area contributed by atoms with Gasteiger partial charge < -0.3 is 25.5 Å². The first-order valence-electron chi connectivity index (χ1n) is 15.6. The monoisotopic (exact) mass is 659 g/mol. The Kier molecular flexibility index (Phi) is 17.5. The lowest BCUT2D eigenvalue weighted by Gasteiger charge is -2.17. The van der Waals surface area contributed by atoms with Gasteiger partial charge in [0.1, 0.15) is 23.7 Å². The van der Waals surface area contributed by atoms with E-state index in [1.54, 1.807) is 37.4 Å². The molecule has 3 aromatic rings. The van der Waals surface area contributed by atoms with Crippen molar-refractivity contribution >= 4 is 29.5 Å². The maximum absolute atomic E-state index is 13.8. The minimum atomic E-state index is -0.367. The van der Waals surface area contributed by atoms with E-state index in [1.165, 1.54) is 18.6 Å². The molecule has 0 radical (unpaired) electrons. The molecular formula is C37H52ClF2N3O3. The number of benzene rings is 3. The molecule has 3 atom stereocenters. The zero-order valence-electron chi connectivity index (χ0n) is 28.9. The molecule has 1 amide bonds. The van der Waals surface area contributed by atoms with E-state index in [9.17, 15) is 18.4 Å². The van der Waals surface area contributed by atoms with Gasteiger partial charge in [-0.05, 0) is 79.6 Å². The van der Waals surface area contributed by atoms with E-state index >= 15 is 0 Å². The fourth-order valence-corrected chi connectivity index (χ4v) is 4.34. The van der Waals surface area contributed by atoms with Crippen LogP contribution in [0, 0.1) is 29.9 Å². The van der Waals surface area contributed by atoms with E-state index in [1.807, 2.05) is 52.9 Å². The molecule has 1 saturated heterocycles. The van der Waals surface area contributed by atoms with E-state index in [0.29, 0.717) is 23.3 Å². The summed E-state index contributed by atoms with van der Waals surface area (Å²) >= 11 is 5.33. The summed E-state index contributed by atoms with van der Waals surface area (Å²) in [5.41, 5.74) is 3.65. The van der Waals surface area contributed by atoms with Gasteiger partial charge >= 0.3 is 0 Å². The Balaban J connectivity index is 0.000000330. The van der Waals surface area contributed by atoms with Crippen molar-refractivity contribution in [3.8, 4) is 5.75 Å². The van der Waals surface area contributed by atoms with Crippen molar-refractivity contribution in [3.05, 3.63) is 94.0 Å². The van der Waals surface area contributed by atoms with Crippen LogP contribution in [0.3, 0.4) is 0 Å². The van der Waals surface area contributed by atoms with Crippen molar-refractivity contribution in [1.82, 2.24) is 10.6 Å². The Morgan fingerprint density at radius 3 is 2.15 bits per heavy atom. The maximum atomic E-state index is 13.8. The number of hydrogen-bond donors (Lipinski definition) is 3. The number of halogens is 3. The molecule has 1 fully saturated rings. The van der Waals surface area contributed by atoms with Crippen molar-refractivity contribution in [3.63, 3.8) is 0 Å². The number of carbonyl (C=O) groups is 2. The fourth-order valence-electron chi connectivity index (χ4n) is 4.21. The van der Waals surface area contributed by atoms with Crippen molar-refractivity contribution in [2.45, 2.75) is 79.8 Å². The second kappa shape index (κ2) is 19.9. The highest BCUT2D eigenvalue weighted by atomic mass is 35.5. The van der Waals surface area contributed by atoms with Crippen LogP contribution in [0.15, 0.2) is 60.7 Å². The number of hydrogen-bond acceptors (Lipinski definition) is 5. The van der Waals surface area contributed by atoms with Crippen LogP contribution in [0.25, 0.3) is 0 Å². The Hall–Kier alpha value is -3.49. The normalized spacial score (nSPS) is 16.9. The van der Waals surface area contributed by atoms with Crippen molar-refractivity contribution < 1.29 is 23.1 Å². The van der Waals surface area contributed by atoms with Gasteiger partial charge in [0.25, 0.3) is 5.91 Å². The van der Waals surface area contributed by atoms with Crippen LogP contribution >= 0.6 is 11.6 Å². The third-order valence-corrected chi connectivity index (χ3v) is 7.82. The van der Waals surface area contributed by atoms with Gasteiger partial charge in [-0.2, -0.15) is 0 Å². The molecule has 6 nitrogen and oxygen atoms in total. The third kappa shape index (κ3) is 13.9. The SMILES string of the molecule is CCC(C)(C)C.CNc1ccc(C(=O)NC(C)C)cc1OC.Cc1ccc(C2CNC(C=O)[C@H]2C)c(F)c1.Fc1ccccc1Cl. The average Bonchev–Trinajstić information content (AvgIpc) is 3.38. The fraction of sp³-hybridized carbons (Fsp3) is 0.459. The Labute approximate surface area is 279 Å². The Morgan fingerprint density at radius 2 is 1.72 bits per heavy atom. The van der Waals surface area contributed by atoms with E-state index < -0.39 is 0 Å². The highest BCUT2D eigenvalue weighted by Crippen LogP contribution is 2.32. The molecule has 2 unspecified atom stereocenters. The molecule has 0 bridgehead atoms. The smallest absolute Gasteiger partial charge is 0.251 e. The predicted octanol–water partition coefficient (Wildman–Crippen LogP) is 8.82. The van der Waals surface area contributed by atoms with Crippen LogP contribution in [-0.4, -0.2) is 45.0 Å². The van der Waals surface area contributed by atoms with Crippen molar-refractivity contribution in [1.29, 1.82) is 0 Å². The van der Waals surface area contributed by atoms with Crippen LogP contribution in [0.4, 0.5) is 14.5 Å². The first-order valence-corrected chi connectivity index (χ1v) is 16.0. The molecule has 3 N–H and O–H groups in total. The summed E-state index contributed by atoms with van der Waals surface area (Å²) in [7, 11) is 3.39. The molecule has 0 spiro atoms. The van der Waals surface area contributed by atoms with Crippen LogP contribution in [0.2, 0.25) is 5.02 Å². The van der Waals surface area contributed by atoms with Gasteiger partial charge in [-0.25, -0.2) is 8.78 Å². The van der Waals surface area contributed by atoms with Gasteiger partial charge in [0.05, 0.1) is 23.9 Å². The van der Waals surface area contributed by atoms with Crippen LogP contribution in [-0.2, 0) is 4.79 Å². The number of rotatable bonds is 6. The summed E-state index contributed by atoms with van der Waals surface area (Å²) in [6.07, 6.45) is 2.18. The zero-order valence-corrected chi connectivity index (χ0v) is 29.7. The number of methoxy groups -OCH3 is 1. The summed E-state index contributed by atoms with van der Waals surface area (Å²) in [4.78, 5) is 22.5. The number of carbonyl (C=O) groups excluding carboxylic acids is 2. The topological polar surface area (TPSA) is 79.5 Å². The van der Waals surface area contributed by atoms with Gasteiger partial charge in [0, 0.05) is 31.1 Å². The van der Waals surface area contributed by atoms with Crippen molar-refractivity contribution in [2.24, 2.45) is 11.3 Å². The van der Waals surface area contributed by atoms with E-state index in [0.717, 1.165) is 23.1 Å². The van der Waals surface area contributed by atoms with E-state index in [-0.39, 0.29) is 46.5 Å². The number of nitrogens with one attached hydrogen (secondary N) is 3. The number of aldehydes is 1. The van der Waals surface area contributed by atoms with Gasteiger partial charge in [0.15, 0.2) is 0 Å². The molecule has 3 aromatic carbocycles. The lowest BCUT2D eigenvalue weighted by atomic mass is 9.86. The standard InChI is InChI=1S/C13H16FNO.C12H18N2O2.C6H4ClF.C6H14/c1-8-3-4-10(12(14)5-8)11-6-15-13(7-16)9(11)2;1-8(2)14-12(15)9-5-6-10(13-3)11(7-9)16-4;7-5-3-1-2-4-6(5)8;1-5-6(2,3)4/h3-5,7,9,11,13,15H,6H2,1-2H3;5-8,13H,1-4H3,(H,14,15);1-4H;5H2,1-4H3/t9-,11?,13?;;;/m0.../s1. The lowest BCUT2D eigenvalue weighted by molar-refractivity contribution is -0.109. The summed E-state index contributed by atoms with van der Waals surface area (Å²) in [5, 5.41) is 9.11. The van der Waals surface area contributed by atoms with Crippen LogP contribution < -0.4 is 20.7 Å². The minimum absolute atomic E-state index is 0.0871. The molecule has 1 heterocycles. The molecule has 1 aliphatic heterocycles. The largest absolute Gasteiger partial charge is 0.495 e. The number of anilines is 1. The molecule has 1 aliphatic rings. The molecule has 0 aliphatic carbocycles. The first-order chi connectivity index (χ1) is 21.6. The molecule has 46 heavy (non-hydrogen) atoms. The number of ether oxygens (including phenoxy) is 1. The third-order valence-electron chi connectivity index (χ3n) is 7.51. The highest BCUT2D eigenvalue weighted by Gasteiger charge is 2.34. The van der Waals surface area contributed by atoms with Gasteiger partial charge in [-0.15, -0.1) is 0 Å². The van der Waals surface area contributed by atoms with Crippen LogP contribution in [0.1, 0.15) is 82.3 Å². The highest BCUT2D eigenvalue weighted by molar-refractivity contribution is 6.30. The van der Waals surface area contributed by atoms with Gasteiger partial charge in [0.2, 0.25) is 0 Å². The first kappa shape index (κ1) is 40.5. The van der Waals surface area contributed by atoms with E-state index in [2.05, 4.69) is 43.6 Å². The molecule has 254 valence electrons. The second-order valence-corrected chi connectivity index (χ2v) is 13.1. The van der Waals surface area contributed by atoms with Crippen molar-refractivity contribution in [2.75, 3.05) is 26.0 Å². The number of aryl methyl sites for hydroxylation is 1. The molecule has 0 aromatic heterocycles. The quantitative estimate of drug-likeness (QED) is 0.231. The summed E-state index contributed by atoms with van der Waals surface area (Å²) in [5.74, 6) is 0.291. The maximum Gasteiger partial charge on any atom is 0.251 e. The Bertz CT molecular complexity index is 1360. The summed E-state index contributed by atoms with van der Waals surface area (Å²) < 4.78 is 31.2. The summed E-state index contributed by atoms with van der Waals surface area (Å²) in [6, 6.07) is 16.7. The Morgan fingerprint density at radius 1 is 1.09 bits per heavy atom. The van der Waals surface area contributed by atoms with E-state index in [4.69, 9.17) is 16.3 Å². The zero-order chi connectivity index (χ0) is 35.0. The van der Waals surface area contributed by atoms with Gasteiger partial charge in [-0.1, -0.05) is 76.9 Å². The molecular weight excluding hydrogens is 608 g/mol. The summed E-state index contributed by atoms with van der Waals surface area (Å²) in [6.45, 7) is 17.3. The van der Waals surface area contributed by atoms with Gasteiger partial charge in [-0.3, -0.25) is 4.79 Å². The average molecular weight is 660 g/mol. The predicted molar refractivity (Wildman–Crippen MR) is 187 cm³/mol.